The van der Waals surface area contributed by atoms with Crippen LogP contribution in [0.1, 0.15) is 18.4 Å². The first-order valence-corrected chi connectivity index (χ1v) is 9.46. The Morgan fingerprint density at radius 2 is 1.80 bits per heavy atom. The molecule has 2 aliphatic heterocycles. The van der Waals surface area contributed by atoms with E-state index in [1.54, 1.807) is 0 Å². The van der Waals surface area contributed by atoms with Gasteiger partial charge in [-0.2, -0.15) is 0 Å². The lowest BCUT2D eigenvalue weighted by molar-refractivity contribution is -0.132. The minimum atomic E-state index is 0.257. The third-order valence-electron chi connectivity index (χ3n) is 5.89. The lowest BCUT2D eigenvalue weighted by Gasteiger charge is -2.42. The van der Waals surface area contributed by atoms with E-state index >= 15 is 0 Å². The molecule has 0 saturated carbocycles. The molecule has 0 bridgehead atoms. The lowest BCUT2D eigenvalue weighted by Crippen LogP contribution is -2.54. The van der Waals surface area contributed by atoms with Gasteiger partial charge in [0, 0.05) is 49.3 Å². The highest BCUT2D eigenvalue weighted by molar-refractivity contribution is 5.88. The SMILES string of the molecule is CN1CCC(N2CCN(C(=O)Cc3c[nH]c4ccccc34)CC2)CC1. The fraction of sp³-hybridized carbons (Fsp3) is 0.550. The van der Waals surface area contributed by atoms with Crippen molar-refractivity contribution in [1.82, 2.24) is 19.7 Å². The van der Waals surface area contributed by atoms with E-state index in [0.717, 1.165) is 37.3 Å². The first-order chi connectivity index (χ1) is 12.2. The van der Waals surface area contributed by atoms with Crippen molar-refractivity contribution in [2.45, 2.75) is 25.3 Å². The van der Waals surface area contributed by atoms with Crippen LogP contribution in [0, 0.1) is 0 Å². The molecule has 1 aromatic carbocycles. The molecule has 2 fully saturated rings. The van der Waals surface area contributed by atoms with Gasteiger partial charge in [-0.05, 0) is 44.6 Å². The first kappa shape index (κ1) is 16.6. The molecule has 25 heavy (non-hydrogen) atoms. The Bertz CT molecular complexity index is 724. The number of rotatable bonds is 3. The molecule has 2 saturated heterocycles. The van der Waals surface area contributed by atoms with Crippen molar-refractivity contribution in [3.63, 3.8) is 0 Å². The number of benzene rings is 1. The molecule has 2 aliphatic rings. The molecule has 0 unspecified atom stereocenters. The zero-order valence-corrected chi connectivity index (χ0v) is 15.1. The molecule has 3 heterocycles. The molecular formula is C20H28N4O. The predicted molar refractivity (Wildman–Crippen MR) is 101 cm³/mol. The number of nitrogens with one attached hydrogen (secondary N) is 1. The van der Waals surface area contributed by atoms with Gasteiger partial charge in [-0.3, -0.25) is 9.69 Å². The van der Waals surface area contributed by atoms with Crippen LogP contribution < -0.4 is 0 Å². The summed E-state index contributed by atoms with van der Waals surface area (Å²) in [7, 11) is 2.21. The van der Waals surface area contributed by atoms with Gasteiger partial charge < -0.3 is 14.8 Å². The predicted octanol–water partition coefficient (Wildman–Crippen LogP) is 1.95. The summed E-state index contributed by atoms with van der Waals surface area (Å²) in [6.45, 7) is 6.18. The van der Waals surface area contributed by atoms with Gasteiger partial charge >= 0.3 is 0 Å². The summed E-state index contributed by atoms with van der Waals surface area (Å²) in [6, 6.07) is 8.91. The lowest BCUT2D eigenvalue weighted by atomic mass is 10.0. The number of hydrogen-bond acceptors (Lipinski definition) is 3. The van der Waals surface area contributed by atoms with E-state index in [4.69, 9.17) is 0 Å². The molecule has 4 rings (SSSR count). The van der Waals surface area contributed by atoms with E-state index in [1.807, 2.05) is 23.2 Å². The quantitative estimate of drug-likeness (QED) is 0.929. The molecule has 134 valence electrons. The molecule has 0 atom stereocenters. The number of aromatic nitrogens is 1. The summed E-state index contributed by atoms with van der Waals surface area (Å²) in [6.07, 6.45) is 5.01. The number of nitrogens with zero attached hydrogens (tertiary/aromatic N) is 3. The Hall–Kier alpha value is -1.85. The first-order valence-electron chi connectivity index (χ1n) is 9.46. The van der Waals surface area contributed by atoms with Crippen molar-refractivity contribution in [3.8, 4) is 0 Å². The van der Waals surface area contributed by atoms with Crippen LogP contribution in [0.5, 0.6) is 0 Å². The molecule has 5 heteroatoms. The Balaban J connectivity index is 1.32. The standard InChI is InChI=1S/C20H28N4O/c1-22-8-6-17(7-9-22)23-10-12-24(13-11-23)20(25)14-16-15-21-19-5-3-2-4-18(16)19/h2-5,15,17,21H,6-14H2,1H3. The highest BCUT2D eigenvalue weighted by Gasteiger charge is 2.28. The van der Waals surface area contributed by atoms with E-state index in [0.29, 0.717) is 12.5 Å². The molecule has 1 N–H and O–H groups in total. The maximum Gasteiger partial charge on any atom is 0.227 e. The van der Waals surface area contributed by atoms with Crippen LogP contribution in [0.2, 0.25) is 0 Å². The number of piperidine rings is 1. The highest BCUT2D eigenvalue weighted by Crippen LogP contribution is 2.20. The van der Waals surface area contributed by atoms with Crippen molar-refractivity contribution in [2.75, 3.05) is 46.3 Å². The van der Waals surface area contributed by atoms with Gasteiger partial charge in [0.1, 0.15) is 0 Å². The molecule has 2 aromatic rings. The van der Waals surface area contributed by atoms with Crippen LogP contribution in [0.15, 0.2) is 30.5 Å². The van der Waals surface area contributed by atoms with Gasteiger partial charge in [0.15, 0.2) is 0 Å². The molecule has 0 aliphatic carbocycles. The van der Waals surface area contributed by atoms with E-state index < -0.39 is 0 Å². The zero-order valence-electron chi connectivity index (χ0n) is 15.1. The topological polar surface area (TPSA) is 42.6 Å². The normalized spacial score (nSPS) is 21.1. The molecule has 0 spiro atoms. The number of amides is 1. The Kier molecular flexibility index (Phi) is 4.77. The number of carbonyl (C=O) groups excluding carboxylic acids is 1. The number of H-pyrrole nitrogens is 1. The minimum absolute atomic E-state index is 0.257. The van der Waals surface area contributed by atoms with Crippen LogP contribution in [-0.2, 0) is 11.2 Å². The van der Waals surface area contributed by atoms with Crippen molar-refractivity contribution < 1.29 is 4.79 Å². The van der Waals surface area contributed by atoms with E-state index in [-0.39, 0.29) is 5.91 Å². The van der Waals surface area contributed by atoms with Crippen molar-refractivity contribution in [3.05, 3.63) is 36.0 Å². The summed E-state index contributed by atoms with van der Waals surface area (Å²) in [4.78, 5) is 23.1. The summed E-state index contributed by atoms with van der Waals surface area (Å²) in [5, 5.41) is 1.17. The van der Waals surface area contributed by atoms with Crippen LogP contribution >= 0.6 is 0 Å². The van der Waals surface area contributed by atoms with Gasteiger partial charge in [-0.25, -0.2) is 0 Å². The summed E-state index contributed by atoms with van der Waals surface area (Å²) >= 11 is 0. The smallest absolute Gasteiger partial charge is 0.227 e. The van der Waals surface area contributed by atoms with Gasteiger partial charge in [0.05, 0.1) is 6.42 Å². The van der Waals surface area contributed by atoms with E-state index in [1.165, 1.54) is 31.3 Å². The summed E-state index contributed by atoms with van der Waals surface area (Å²) in [5.41, 5.74) is 2.22. The molecule has 1 amide bonds. The van der Waals surface area contributed by atoms with Gasteiger partial charge in [-0.15, -0.1) is 0 Å². The number of piperazine rings is 1. The number of aromatic amines is 1. The number of hydrogen-bond donors (Lipinski definition) is 1. The Morgan fingerprint density at radius 3 is 2.56 bits per heavy atom. The summed E-state index contributed by atoms with van der Waals surface area (Å²) < 4.78 is 0. The largest absolute Gasteiger partial charge is 0.361 e. The van der Waals surface area contributed by atoms with Crippen molar-refractivity contribution >= 4 is 16.8 Å². The molecular weight excluding hydrogens is 312 g/mol. The van der Waals surface area contributed by atoms with Gasteiger partial charge in [0.25, 0.3) is 0 Å². The average Bonchev–Trinajstić information content (AvgIpc) is 3.06. The number of carbonyl (C=O) groups is 1. The zero-order chi connectivity index (χ0) is 17.2. The van der Waals surface area contributed by atoms with Crippen molar-refractivity contribution in [2.24, 2.45) is 0 Å². The van der Waals surface area contributed by atoms with Crippen LogP contribution in [0.3, 0.4) is 0 Å². The fourth-order valence-electron chi connectivity index (χ4n) is 4.25. The highest BCUT2D eigenvalue weighted by atomic mass is 16.2. The second-order valence-corrected chi connectivity index (χ2v) is 7.49. The molecule has 5 nitrogen and oxygen atoms in total. The van der Waals surface area contributed by atoms with Gasteiger partial charge in [-0.1, -0.05) is 18.2 Å². The number of likely N-dealkylation sites (tertiary alicyclic amines) is 1. The third-order valence-corrected chi connectivity index (χ3v) is 5.89. The molecule has 0 radical (unpaired) electrons. The Morgan fingerprint density at radius 1 is 1.08 bits per heavy atom. The van der Waals surface area contributed by atoms with E-state index in [2.05, 4.69) is 34.0 Å². The van der Waals surface area contributed by atoms with Crippen molar-refractivity contribution in [1.29, 1.82) is 0 Å². The monoisotopic (exact) mass is 340 g/mol. The number of fused-ring (bicyclic) bond motifs is 1. The fourth-order valence-corrected chi connectivity index (χ4v) is 4.25. The van der Waals surface area contributed by atoms with Crippen LogP contribution in [0.4, 0.5) is 0 Å². The average molecular weight is 340 g/mol. The summed E-state index contributed by atoms with van der Waals surface area (Å²) in [5.74, 6) is 0.257. The Labute approximate surface area is 149 Å². The number of para-hydroxylation sites is 1. The van der Waals surface area contributed by atoms with Crippen LogP contribution in [-0.4, -0.2) is 77.9 Å². The second kappa shape index (κ2) is 7.18. The molecule has 1 aromatic heterocycles. The maximum absolute atomic E-state index is 12.7. The van der Waals surface area contributed by atoms with Crippen LogP contribution in [0.25, 0.3) is 10.9 Å². The van der Waals surface area contributed by atoms with Gasteiger partial charge in [0.2, 0.25) is 5.91 Å². The maximum atomic E-state index is 12.7. The second-order valence-electron chi connectivity index (χ2n) is 7.49. The third kappa shape index (κ3) is 3.58. The minimum Gasteiger partial charge on any atom is -0.361 e. The van der Waals surface area contributed by atoms with E-state index in [9.17, 15) is 4.79 Å².